The third kappa shape index (κ3) is 0.354. The lowest BCUT2D eigenvalue weighted by Crippen LogP contribution is -2.19. The van der Waals surface area contributed by atoms with Crippen molar-refractivity contribution in [1.29, 1.82) is 0 Å². The van der Waals surface area contributed by atoms with Crippen LogP contribution in [0.25, 0.3) is 0 Å². The van der Waals surface area contributed by atoms with E-state index in [1.165, 1.54) is 0 Å². The molecular formula is C4H7N2O+. The molecule has 0 aromatic rings. The van der Waals surface area contributed by atoms with Gasteiger partial charge in [-0.15, -0.1) is 0 Å². The minimum absolute atomic E-state index is 0.972. The molecule has 0 aromatic carbocycles. The van der Waals surface area contributed by atoms with E-state index >= 15 is 0 Å². The summed E-state index contributed by atoms with van der Waals surface area (Å²) in [5.74, 6) is 0. The van der Waals surface area contributed by atoms with Gasteiger partial charge in [-0.2, -0.15) is 4.94 Å². The summed E-state index contributed by atoms with van der Waals surface area (Å²) in [5.41, 5.74) is 0. The van der Waals surface area contributed by atoms with Crippen LogP contribution in [0.15, 0.2) is 0 Å². The molecule has 0 saturated carbocycles. The van der Waals surface area contributed by atoms with Gasteiger partial charge >= 0.3 is 0 Å². The Hall–Kier alpha value is -0.570. The molecule has 2 heterocycles. The van der Waals surface area contributed by atoms with Gasteiger partial charge in [0.1, 0.15) is 13.1 Å². The highest BCUT2D eigenvalue weighted by molar-refractivity contribution is 5.54. The summed E-state index contributed by atoms with van der Waals surface area (Å²) in [6.45, 7) is 3.08. The average Bonchev–Trinajstić information content (AvgIpc) is 2.22. The van der Waals surface area contributed by atoms with Crippen molar-refractivity contribution in [1.82, 2.24) is 5.06 Å². The van der Waals surface area contributed by atoms with Crippen LogP contribution in [-0.2, 0) is 4.94 Å². The fourth-order valence-corrected chi connectivity index (χ4v) is 0.871. The van der Waals surface area contributed by atoms with E-state index in [4.69, 9.17) is 4.94 Å². The zero-order chi connectivity index (χ0) is 4.69. The van der Waals surface area contributed by atoms with Crippen molar-refractivity contribution in [2.75, 3.05) is 19.6 Å². The fourth-order valence-electron chi connectivity index (χ4n) is 0.871. The van der Waals surface area contributed by atoms with Crippen LogP contribution in [0.1, 0.15) is 0 Å². The van der Waals surface area contributed by atoms with E-state index in [1.54, 1.807) is 0 Å². The molecule has 2 bridgehead atoms. The van der Waals surface area contributed by atoms with Gasteiger partial charge in [0, 0.05) is 0 Å². The molecule has 7 heavy (non-hydrogen) atoms. The summed E-state index contributed by atoms with van der Waals surface area (Å²) >= 11 is 0. The van der Waals surface area contributed by atoms with Crippen molar-refractivity contribution in [2.45, 2.75) is 0 Å². The largest absolute Gasteiger partial charge is 0.212 e. The molecule has 2 aliphatic rings. The Balaban J connectivity index is 2.30. The predicted octanol–water partition coefficient (Wildman–Crippen LogP) is -0.754. The first-order chi connectivity index (χ1) is 3.45. The van der Waals surface area contributed by atoms with Crippen LogP contribution < -0.4 is 0 Å². The van der Waals surface area contributed by atoms with Crippen LogP contribution in [0.3, 0.4) is 0 Å². The molecule has 1 unspecified atom stereocenters. The van der Waals surface area contributed by atoms with Crippen molar-refractivity contribution in [3.63, 3.8) is 0 Å². The summed E-state index contributed by atoms with van der Waals surface area (Å²) in [6.07, 6.45) is 2.05. The summed E-state index contributed by atoms with van der Waals surface area (Å²) in [4.78, 5) is 5.08. The molecule has 1 fully saturated rings. The van der Waals surface area contributed by atoms with E-state index in [9.17, 15) is 0 Å². The Kier molecular flexibility index (Phi) is 0.481. The fraction of sp³-hybridized carbons (Fsp3) is 0.750. The van der Waals surface area contributed by atoms with E-state index in [0.717, 1.165) is 19.6 Å². The van der Waals surface area contributed by atoms with Gasteiger partial charge in [-0.05, 0) is 4.74 Å². The van der Waals surface area contributed by atoms with E-state index < -0.39 is 0 Å². The van der Waals surface area contributed by atoms with Crippen molar-refractivity contribution in [2.24, 2.45) is 0 Å². The van der Waals surface area contributed by atoms with E-state index in [2.05, 4.69) is 0 Å². The lowest BCUT2D eigenvalue weighted by Gasteiger charge is -1.92. The molecule has 2 rings (SSSR count). The first-order valence-electron chi connectivity index (χ1n) is 2.48. The molecule has 0 radical (unpaired) electrons. The van der Waals surface area contributed by atoms with Gasteiger partial charge in [-0.3, -0.25) is 0 Å². The van der Waals surface area contributed by atoms with Crippen LogP contribution in [0.4, 0.5) is 0 Å². The number of hydrogen-bond donors (Lipinski definition) is 0. The third-order valence-corrected chi connectivity index (χ3v) is 1.28. The molecule has 1 atom stereocenters. The van der Waals surface area contributed by atoms with Crippen LogP contribution in [0.5, 0.6) is 0 Å². The van der Waals surface area contributed by atoms with E-state index in [1.807, 2.05) is 16.0 Å². The van der Waals surface area contributed by atoms with Gasteiger partial charge in [-0.1, -0.05) is 5.06 Å². The Bertz CT molecular complexity index is 121. The number of rotatable bonds is 0. The molecule has 0 amide bonds. The molecule has 0 aliphatic carbocycles. The molecule has 3 heteroatoms. The van der Waals surface area contributed by atoms with Crippen LogP contribution in [0, 0.1) is 0 Å². The number of hydrogen-bond acceptors (Lipinski definition) is 2. The maximum absolute atomic E-state index is 5.08. The Morgan fingerprint density at radius 2 is 2.71 bits per heavy atom. The molecule has 0 N–H and O–H groups in total. The normalized spacial score (nSPS) is 35.4. The van der Waals surface area contributed by atoms with Gasteiger partial charge in [0.2, 0.25) is 12.8 Å². The Labute approximate surface area is 41.7 Å². The maximum Gasteiger partial charge on any atom is 0.212 e. The maximum atomic E-state index is 5.08. The molecule has 38 valence electrons. The van der Waals surface area contributed by atoms with E-state index in [-0.39, 0.29) is 0 Å². The molecule has 0 spiro atoms. The first kappa shape index (κ1) is 3.43. The predicted molar refractivity (Wildman–Crippen MR) is 23.8 cm³/mol. The minimum atomic E-state index is 0.972. The van der Waals surface area contributed by atoms with Gasteiger partial charge < -0.3 is 0 Å². The quantitative estimate of drug-likeness (QED) is 0.371. The first-order valence-corrected chi connectivity index (χ1v) is 2.48. The monoisotopic (exact) mass is 99.1 g/mol. The van der Waals surface area contributed by atoms with Crippen molar-refractivity contribution in [3.05, 3.63) is 0 Å². The highest BCUT2D eigenvalue weighted by Gasteiger charge is 2.31. The van der Waals surface area contributed by atoms with Crippen LogP contribution in [0.2, 0.25) is 0 Å². The number of fused-ring (bicyclic) bond motifs is 2. The van der Waals surface area contributed by atoms with Crippen LogP contribution in [-0.4, -0.2) is 35.7 Å². The highest BCUT2D eigenvalue weighted by Crippen LogP contribution is 2.03. The smallest absolute Gasteiger partial charge is 0.170 e. The molecule has 0 aromatic heterocycles. The number of nitrogens with zero attached hydrogens (tertiary/aromatic N) is 2. The van der Waals surface area contributed by atoms with Crippen molar-refractivity contribution in [3.8, 4) is 0 Å². The SMILES string of the molecule is C1=[N+]2CCN(C1)O2. The second kappa shape index (κ2) is 0.980. The van der Waals surface area contributed by atoms with E-state index in [0.29, 0.717) is 0 Å². The Morgan fingerprint density at radius 3 is 2.86 bits per heavy atom. The summed E-state index contributed by atoms with van der Waals surface area (Å²) < 4.78 is 1.86. The van der Waals surface area contributed by atoms with Gasteiger partial charge in [0.15, 0.2) is 0 Å². The van der Waals surface area contributed by atoms with Gasteiger partial charge in [0.05, 0.1) is 0 Å². The van der Waals surface area contributed by atoms with Gasteiger partial charge in [-0.25, -0.2) is 0 Å². The topological polar surface area (TPSA) is 15.5 Å². The standard InChI is InChI=1S/C4H7N2O/c1-2-6-4-3-5(1)7-6/h1H,2-4H2/q+1. The lowest BCUT2D eigenvalue weighted by molar-refractivity contribution is -0.785. The van der Waals surface area contributed by atoms with Gasteiger partial charge in [0.25, 0.3) is 0 Å². The zero-order valence-electron chi connectivity index (χ0n) is 4.00. The van der Waals surface area contributed by atoms with Crippen molar-refractivity contribution >= 4 is 6.21 Å². The summed E-state index contributed by atoms with van der Waals surface area (Å²) in [6, 6.07) is 0. The Morgan fingerprint density at radius 1 is 1.71 bits per heavy atom. The second-order valence-electron chi connectivity index (χ2n) is 1.79. The third-order valence-electron chi connectivity index (χ3n) is 1.28. The minimum Gasteiger partial charge on any atom is -0.170 e. The molecule has 1 saturated heterocycles. The molecular weight excluding hydrogens is 92.1 g/mol. The molecule has 3 nitrogen and oxygen atoms in total. The highest BCUT2D eigenvalue weighted by atomic mass is 16.8. The van der Waals surface area contributed by atoms with Crippen molar-refractivity contribution < 1.29 is 9.68 Å². The summed E-state index contributed by atoms with van der Waals surface area (Å²) in [5, 5.41) is 1.93. The zero-order valence-corrected chi connectivity index (χ0v) is 4.00. The number of hydroxylamine groups is 3. The summed E-state index contributed by atoms with van der Waals surface area (Å²) in [7, 11) is 0. The molecule has 2 aliphatic heterocycles. The second-order valence-corrected chi connectivity index (χ2v) is 1.79. The average molecular weight is 99.1 g/mol. The van der Waals surface area contributed by atoms with Crippen LogP contribution >= 0.6 is 0 Å². The lowest BCUT2D eigenvalue weighted by atomic mass is 10.5.